The van der Waals surface area contributed by atoms with Gasteiger partial charge in [0.2, 0.25) is 10.0 Å². The number of carboxylic acid groups (broad SMARTS) is 1. The lowest BCUT2D eigenvalue weighted by Gasteiger charge is -2.29. The number of sulfonamides is 1. The highest BCUT2D eigenvalue weighted by Gasteiger charge is 2.33. The van der Waals surface area contributed by atoms with Gasteiger partial charge in [-0.3, -0.25) is 9.20 Å². The first kappa shape index (κ1) is 22.6. The van der Waals surface area contributed by atoms with E-state index in [1.807, 2.05) is 23.6 Å². The number of hydrogen-bond acceptors (Lipinski definition) is 7. The van der Waals surface area contributed by atoms with Gasteiger partial charge in [0.05, 0.1) is 18.7 Å². The minimum absolute atomic E-state index is 0.0579. The highest BCUT2D eigenvalue weighted by molar-refractivity contribution is 7.99. The van der Waals surface area contributed by atoms with E-state index in [0.29, 0.717) is 24.1 Å². The number of nitrogens with zero attached hydrogens (tertiary/aromatic N) is 4. The minimum atomic E-state index is -3.82. The summed E-state index contributed by atoms with van der Waals surface area (Å²) in [5.74, 6) is -0.323. The fourth-order valence-corrected chi connectivity index (χ4v) is 6.12. The molecule has 1 aromatic carbocycles. The predicted octanol–water partition coefficient (Wildman–Crippen LogP) is 3.00. The summed E-state index contributed by atoms with van der Waals surface area (Å²) in [7, 11) is -2.39. The lowest BCUT2D eigenvalue weighted by atomic mass is 9.99. The molecule has 1 N–H and O–H groups in total. The van der Waals surface area contributed by atoms with Gasteiger partial charge in [-0.1, -0.05) is 24.8 Å². The monoisotopic (exact) mass is 476 g/mol. The average molecular weight is 477 g/mol. The van der Waals surface area contributed by atoms with Crippen LogP contribution in [0.25, 0.3) is 16.9 Å². The number of rotatable bonds is 7. The Morgan fingerprint density at radius 1 is 1.28 bits per heavy atom. The van der Waals surface area contributed by atoms with E-state index in [0.717, 1.165) is 16.6 Å². The van der Waals surface area contributed by atoms with Crippen molar-refractivity contribution >= 4 is 33.4 Å². The molecule has 0 aliphatic carbocycles. The van der Waals surface area contributed by atoms with Crippen molar-refractivity contribution in [1.29, 1.82) is 0 Å². The molecule has 0 saturated carbocycles. The molecule has 0 radical (unpaired) electrons. The van der Waals surface area contributed by atoms with Crippen molar-refractivity contribution in [3.05, 3.63) is 36.7 Å². The molecule has 1 saturated heterocycles. The number of carbonyl (C=O) groups is 1. The van der Waals surface area contributed by atoms with Crippen LogP contribution in [0.5, 0.6) is 5.75 Å². The quantitative estimate of drug-likeness (QED) is 0.409. The van der Waals surface area contributed by atoms with E-state index in [1.165, 1.54) is 17.5 Å². The van der Waals surface area contributed by atoms with Crippen LogP contribution in [0.3, 0.4) is 0 Å². The van der Waals surface area contributed by atoms with Crippen LogP contribution in [0.2, 0.25) is 0 Å². The number of imidazole rings is 1. The summed E-state index contributed by atoms with van der Waals surface area (Å²) < 4.78 is 35.2. The zero-order chi connectivity index (χ0) is 22.9. The lowest BCUT2D eigenvalue weighted by molar-refractivity contribution is -0.142. The van der Waals surface area contributed by atoms with Crippen molar-refractivity contribution in [3.8, 4) is 17.0 Å². The Kier molecular flexibility index (Phi) is 6.40. The van der Waals surface area contributed by atoms with Gasteiger partial charge in [-0.05, 0) is 30.7 Å². The third kappa shape index (κ3) is 4.19. The number of piperidine rings is 1. The third-order valence-corrected chi connectivity index (χ3v) is 8.28. The van der Waals surface area contributed by atoms with Crippen molar-refractivity contribution in [3.63, 3.8) is 0 Å². The van der Waals surface area contributed by atoms with Gasteiger partial charge in [0.25, 0.3) is 0 Å². The van der Waals surface area contributed by atoms with Crippen LogP contribution >= 0.6 is 11.8 Å². The van der Waals surface area contributed by atoms with Crippen molar-refractivity contribution in [2.45, 2.75) is 29.8 Å². The predicted molar refractivity (Wildman–Crippen MR) is 120 cm³/mol. The first-order chi connectivity index (χ1) is 15.3. The number of ether oxygens (including phenoxy) is 1. The fraction of sp³-hybridized carbons (Fsp3) is 0.381. The molecule has 9 nitrogen and oxygen atoms in total. The van der Waals surface area contributed by atoms with E-state index in [1.54, 1.807) is 30.1 Å². The molecule has 0 atom stereocenters. The minimum Gasteiger partial charge on any atom is -0.495 e. The van der Waals surface area contributed by atoms with Crippen LogP contribution in [0.4, 0.5) is 0 Å². The van der Waals surface area contributed by atoms with Crippen LogP contribution in [0.1, 0.15) is 19.8 Å². The van der Waals surface area contributed by atoms with Crippen molar-refractivity contribution in [2.75, 3.05) is 26.0 Å². The maximum absolute atomic E-state index is 13.2. The number of benzene rings is 1. The molecular weight excluding hydrogens is 452 g/mol. The number of hydrogen-bond donors (Lipinski definition) is 1. The third-order valence-electron chi connectivity index (χ3n) is 5.51. The van der Waals surface area contributed by atoms with Gasteiger partial charge in [-0.15, -0.1) is 0 Å². The van der Waals surface area contributed by atoms with Crippen LogP contribution in [0, 0.1) is 5.92 Å². The molecule has 2 aromatic heterocycles. The molecule has 1 fully saturated rings. The molecule has 32 heavy (non-hydrogen) atoms. The summed E-state index contributed by atoms with van der Waals surface area (Å²) in [6, 6.07) is 6.75. The number of thioether (sulfide) groups is 1. The van der Waals surface area contributed by atoms with Gasteiger partial charge in [-0.25, -0.2) is 18.4 Å². The topological polar surface area (TPSA) is 114 Å². The fourth-order valence-electron chi connectivity index (χ4n) is 3.80. The SMILES string of the molecule is CCSc1nc(-c2ccc(S(=O)(=O)N3CCC(C(=O)O)CC3)c(OC)c2)cc2nccn12. The number of aliphatic carboxylic acids is 1. The van der Waals surface area contributed by atoms with E-state index >= 15 is 0 Å². The van der Waals surface area contributed by atoms with Gasteiger partial charge < -0.3 is 9.84 Å². The van der Waals surface area contributed by atoms with Crippen molar-refractivity contribution in [1.82, 2.24) is 18.7 Å². The average Bonchev–Trinajstić information content (AvgIpc) is 3.28. The van der Waals surface area contributed by atoms with Crippen LogP contribution in [-0.4, -0.2) is 64.1 Å². The van der Waals surface area contributed by atoms with E-state index in [4.69, 9.17) is 14.8 Å². The van der Waals surface area contributed by atoms with E-state index in [9.17, 15) is 13.2 Å². The van der Waals surface area contributed by atoms with Gasteiger partial charge in [0.15, 0.2) is 5.16 Å². The van der Waals surface area contributed by atoms with E-state index in [-0.39, 0.29) is 23.7 Å². The molecule has 1 aliphatic heterocycles. The second-order valence-corrected chi connectivity index (χ2v) is 10.5. The Hall–Kier alpha value is -2.63. The molecule has 11 heteroatoms. The molecule has 170 valence electrons. The second kappa shape index (κ2) is 9.08. The van der Waals surface area contributed by atoms with Gasteiger partial charge in [0, 0.05) is 37.1 Å². The number of methoxy groups -OCH3 is 1. The van der Waals surface area contributed by atoms with Crippen LogP contribution in [-0.2, 0) is 14.8 Å². The molecule has 0 spiro atoms. The molecule has 3 aromatic rings. The van der Waals surface area contributed by atoms with Crippen molar-refractivity contribution in [2.24, 2.45) is 5.92 Å². The Bertz CT molecular complexity index is 1250. The summed E-state index contributed by atoms with van der Waals surface area (Å²) in [5.41, 5.74) is 2.14. The zero-order valence-electron chi connectivity index (χ0n) is 17.8. The van der Waals surface area contributed by atoms with Crippen molar-refractivity contribution < 1.29 is 23.1 Å². The normalized spacial score (nSPS) is 15.8. The molecular formula is C21H24N4O5S2. The Balaban J connectivity index is 1.68. The maximum atomic E-state index is 13.2. The summed E-state index contributed by atoms with van der Waals surface area (Å²) in [4.78, 5) is 20.3. The first-order valence-corrected chi connectivity index (χ1v) is 12.7. The Morgan fingerprint density at radius 3 is 2.69 bits per heavy atom. The van der Waals surface area contributed by atoms with Crippen LogP contribution < -0.4 is 4.74 Å². The molecule has 3 heterocycles. The molecule has 1 aliphatic rings. The molecule has 0 amide bonds. The molecule has 0 unspecified atom stereocenters. The largest absolute Gasteiger partial charge is 0.495 e. The van der Waals surface area contributed by atoms with Gasteiger partial charge >= 0.3 is 5.97 Å². The number of carboxylic acids is 1. The Morgan fingerprint density at radius 2 is 2.03 bits per heavy atom. The maximum Gasteiger partial charge on any atom is 0.306 e. The smallest absolute Gasteiger partial charge is 0.306 e. The summed E-state index contributed by atoms with van der Waals surface area (Å²) >= 11 is 1.59. The summed E-state index contributed by atoms with van der Waals surface area (Å²) in [6.07, 6.45) is 4.15. The highest BCUT2D eigenvalue weighted by Crippen LogP contribution is 2.34. The standard InChI is InChI=1S/C21H24N4O5S2/c1-3-31-21-23-16(13-19-22-8-11-25(19)21)15-4-5-18(17(12-15)30-2)32(28,29)24-9-6-14(7-10-24)20(26)27/h4-5,8,11-14H,3,6-7,9-10H2,1-2H3,(H,26,27). The van der Waals surface area contributed by atoms with E-state index in [2.05, 4.69) is 4.98 Å². The summed E-state index contributed by atoms with van der Waals surface area (Å²) in [5, 5.41) is 9.97. The molecule has 0 bridgehead atoms. The zero-order valence-corrected chi connectivity index (χ0v) is 19.4. The first-order valence-electron chi connectivity index (χ1n) is 10.2. The van der Waals surface area contributed by atoms with Gasteiger partial charge in [0.1, 0.15) is 16.3 Å². The summed E-state index contributed by atoms with van der Waals surface area (Å²) in [6.45, 7) is 2.38. The number of fused-ring (bicyclic) bond motifs is 1. The Labute approximate surface area is 190 Å². The number of aromatic nitrogens is 3. The van der Waals surface area contributed by atoms with Crippen LogP contribution in [0.15, 0.2) is 46.7 Å². The van der Waals surface area contributed by atoms with E-state index < -0.39 is 21.9 Å². The second-order valence-electron chi connectivity index (χ2n) is 7.39. The van der Waals surface area contributed by atoms with Gasteiger partial charge in [-0.2, -0.15) is 4.31 Å². The molecule has 4 rings (SSSR count). The lowest BCUT2D eigenvalue weighted by Crippen LogP contribution is -2.40. The highest BCUT2D eigenvalue weighted by atomic mass is 32.2.